The SMILES string of the molecule is C[C@H]1OC(CN)[C@@H](O)C(O)C1O. The van der Waals surface area contributed by atoms with E-state index in [1.165, 1.54) is 0 Å². The molecule has 3 unspecified atom stereocenters. The minimum Gasteiger partial charge on any atom is -0.388 e. The summed E-state index contributed by atoms with van der Waals surface area (Å²) in [5, 5.41) is 27.8. The largest absolute Gasteiger partial charge is 0.388 e. The summed E-state index contributed by atoms with van der Waals surface area (Å²) in [6, 6.07) is 0. The average Bonchev–Trinajstić information content (AvgIpc) is 2.08. The number of rotatable bonds is 1. The summed E-state index contributed by atoms with van der Waals surface area (Å²) in [6.07, 6.45) is -4.37. The van der Waals surface area contributed by atoms with Crippen molar-refractivity contribution in [2.45, 2.75) is 37.4 Å². The molecule has 5 nitrogen and oxygen atoms in total. The molecule has 1 rings (SSSR count). The fraction of sp³-hybridized carbons (Fsp3) is 1.00. The molecule has 5 atom stereocenters. The van der Waals surface area contributed by atoms with Gasteiger partial charge in [0, 0.05) is 6.54 Å². The highest BCUT2D eigenvalue weighted by atomic mass is 16.5. The van der Waals surface area contributed by atoms with Crippen LogP contribution in [0.25, 0.3) is 0 Å². The van der Waals surface area contributed by atoms with Gasteiger partial charge in [-0.2, -0.15) is 0 Å². The highest BCUT2D eigenvalue weighted by Gasteiger charge is 2.40. The second kappa shape index (κ2) is 3.68. The standard InChI is InChI=1S/C7H15NO4/c1-3-5(9)7(11)6(10)4(2-8)12-3/h3-7,9-11H,2,8H2,1H3/t3-,4?,5?,6-,7?/m1/s1. The van der Waals surface area contributed by atoms with Gasteiger partial charge >= 0.3 is 0 Å². The maximum absolute atomic E-state index is 9.31. The minimum absolute atomic E-state index is 0.134. The van der Waals surface area contributed by atoms with Crippen molar-refractivity contribution in [2.24, 2.45) is 5.73 Å². The summed E-state index contributed by atoms with van der Waals surface area (Å²) < 4.78 is 5.15. The van der Waals surface area contributed by atoms with Gasteiger partial charge in [0.15, 0.2) is 0 Å². The van der Waals surface area contributed by atoms with E-state index in [0.717, 1.165) is 0 Å². The predicted octanol–water partition coefficient (Wildman–Crippen LogP) is -2.18. The first kappa shape index (κ1) is 9.88. The van der Waals surface area contributed by atoms with Crippen molar-refractivity contribution in [3.8, 4) is 0 Å². The van der Waals surface area contributed by atoms with E-state index in [1.54, 1.807) is 6.92 Å². The first-order valence-corrected chi connectivity index (χ1v) is 3.97. The van der Waals surface area contributed by atoms with Crippen molar-refractivity contribution < 1.29 is 20.1 Å². The molecule has 0 aromatic rings. The van der Waals surface area contributed by atoms with E-state index >= 15 is 0 Å². The number of ether oxygens (including phenoxy) is 1. The maximum atomic E-state index is 9.31. The zero-order chi connectivity index (χ0) is 9.30. The summed E-state index contributed by atoms with van der Waals surface area (Å²) in [7, 11) is 0. The van der Waals surface area contributed by atoms with Gasteiger partial charge in [0.2, 0.25) is 0 Å². The Kier molecular flexibility index (Phi) is 3.03. The van der Waals surface area contributed by atoms with Crippen molar-refractivity contribution >= 4 is 0 Å². The van der Waals surface area contributed by atoms with Crippen LogP contribution < -0.4 is 5.73 Å². The molecule has 5 N–H and O–H groups in total. The average molecular weight is 177 g/mol. The Morgan fingerprint density at radius 2 is 1.75 bits per heavy atom. The molecular weight excluding hydrogens is 162 g/mol. The van der Waals surface area contributed by atoms with Gasteiger partial charge in [-0.05, 0) is 6.92 Å². The van der Waals surface area contributed by atoms with Gasteiger partial charge < -0.3 is 25.8 Å². The zero-order valence-electron chi connectivity index (χ0n) is 6.92. The topological polar surface area (TPSA) is 95.9 Å². The van der Waals surface area contributed by atoms with Crippen molar-refractivity contribution in [3.05, 3.63) is 0 Å². The van der Waals surface area contributed by atoms with Crippen molar-refractivity contribution in [1.82, 2.24) is 0 Å². The number of hydrogen-bond donors (Lipinski definition) is 4. The molecule has 0 spiro atoms. The number of nitrogens with two attached hydrogens (primary N) is 1. The van der Waals surface area contributed by atoms with Crippen molar-refractivity contribution in [1.29, 1.82) is 0 Å². The van der Waals surface area contributed by atoms with E-state index in [2.05, 4.69) is 0 Å². The summed E-state index contributed by atoms with van der Waals surface area (Å²) >= 11 is 0. The molecule has 1 fully saturated rings. The van der Waals surface area contributed by atoms with E-state index in [1.807, 2.05) is 0 Å². The summed E-state index contributed by atoms with van der Waals surface area (Å²) in [5.41, 5.74) is 5.29. The molecule has 0 radical (unpaired) electrons. The molecule has 0 amide bonds. The monoisotopic (exact) mass is 177 g/mol. The molecule has 0 aromatic heterocycles. The molecule has 1 heterocycles. The predicted molar refractivity (Wildman–Crippen MR) is 41.4 cm³/mol. The highest BCUT2D eigenvalue weighted by molar-refractivity contribution is 4.90. The Balaban J connectivity index is 2.63. The normalized spacial score (nSPS) is 49.2. The summed E-state index contributed by atoms with van der Waals surface area (Å²) in [4.78, 5) is 0. The second-order valence-corrected chi connectivity index (χ2v) is 3.09. The van der Waals surface area contributed by atoms with Crippen LogP contribution in [-0.4, -0.2) is 52.4 Å². The minimum atomic E-state index is -1.16. The molecule has 0 saturated carbocycles. The molecule has 72 valence electrons. The first-order chi connectivity index (χ1) is 5.57. The lowest BCUT2D eigenvalue weighted by atomic mass is 9.96. The Morgan fingerprint density at radius 3 is 2.25 bits per heavy atom. The molecule has 0 aliphatic carbocycles. The van der Waals surface area contributed by atoms with Gasteiger partial charge in [-0.1, -0.05) is 0 Å². The van der Waals surface area contributed by atoms with Crippen LogP contribution in [0.4, 0.5) is 0 Å². The molecule has 1 aliphatic heterocycles. The molecule has 1 saturated heterocycles. The summed E-state index contributed by atoms with van der Waals surface area (Å²) in [6.45, 7) is 1.76. The number of aliphatic hydroxyl groups is 3. The number of aliphatic hydroxyl groups excluding tert-OH is 3. The molecular formula is C7H15NO4. The van der Waals surface area contributed by atoms with Crippen LogP contribution in [0.15, 0.2) is 0 Å². The lowest BCUT2D eigenvalue weighted by molar-refractivity contribution is -0.213. The van der Waals surface area contributed by atoms with Crippen LogP contribution >= 0.6 is 0 Å². The lowest BCUT2D eigenvalue weighted by Crippen LogP contribution is -2.58. The zero-order valence-corrected chi connectivity index (χ0v) is 6.92. The van der Waals surface area contributed by atoms with Crippen molar-refractivity contribution in [2.75, 3.05) is 6.54 Å². The van der Waals surface area contributed by atoms with E-state index in [0.29, 0.717) is 0 Å². The highest BCUT2D eigenvalue weighted by Crippen LogP contribution is 2.19. The summed E-state index contributed by atoms with van der Waals surface area (Å²) in [5.74, 6) is 0. The maximum Gasteiger partial charge on any atom is 0.111 e. The third-order valence-electron chi connectivity index (χ3n) is 2.18. The Morgan fingerprint density at radius 1 is 1.17 bits per heavy atom. The van der Waals surface area contributed by atoms with Gasteiger partial charge in [0.25, 0.3) is 0 Å². The van der Waals surface area contributed by atoms with Crippen LogP contribution in [0.5, 0.6) is 0 Å². The molecule has 12 heavy (non-hydrogen) atoms. The Bertz CT molecular complexity index is 150. The molecule has 1 aliphatic rings. The van der Waals surface area contributed by atoms with Gasteiger partial charge in [-0.25, -0.2) is 0 Å². The van der Waals surface area contributed by atoms with Gasteiger partial charge in [-0.15, -0.1) is 0 Å². The smallest absolute Gasteiger partial charge is 0.111 e. The number of hydrogen-bond acceptors (Lipinski definition) is 5. The van der Waals surface area contributed by atoms with Gasteiger partial charge in [-0.3, -0.25) is 0 Å². The van der Waals surface area contributed by atoms with Crippen molar-refractivity contribution in [3.63, 3.8) is 0 Å². The Labute approximate surface area is 70.8 Å². The third-order valence-corrected chi connectivity index (χ3v) is 2.18. The van der Waals surface area contributed by atoms with Gasteiger partial charge in [0.05, 0.1) is 12.2 Å². The molecule has 5 heteroatoms. The van der Waals surface area contributed by atoms with Crippen LogP contribution in [0.3, 0.4) is 0 Å². The Hall–Kier alpha value is -0.200. The third kappa shape index (κ3) is 1.60. The fourth-order valence-corrected chi connectivity index (χ4v) is 1.33. The van der Waals surface area contributed by atoms with Crippen LogP contribution in [0.2, 0.25) is 0 Å². The van der Waals surface area contributed by atoms with Crippen LogP contribution in [-0.2, 0) is 4.74 Å². The van der Waals surface area contributed by atoms with E-state index in [-0.39, 0.29) is 6.54 Å². The first-order valence-electron chi connectivity index (χ1n) is 3.97. The van der Waals surface area contributed by atoms with E-state index < -0.39 is 30.5 Å². The van der Waals surface area contributed by atoms with Gasteiger partial charge in [0.1, 0.15) is 18.3 Å². The quantitative estimate of drug-likeness (QED) is 0.365. The lowest BCUT2D eigenvalue weighted by Gasteiger charge is -2.38. The van der Waals surface area contributed by atoms with Crippen LogP contribution in [0, 0.1) is 0 Å². The molecule has 0 bridgehead atoms. The van der Waals surface area contributed by atoms with E-state index in [4.69, 9.17) is 10.5 Å². The fourth-order valence-electron chi connectivity index (χ4n) is 1.33. The molecule has 0 aromatic carbocycles. The second-order valence-electron chi connectivity index (χ2n) is 3.09. The van der Waals surface area contributed by atoms with E-state index in [9.17, 15) is 15.3 Å². The van der Waals surface area contributed by atoms with Crippen LogP contribution in [0.1, 0.15) is 6.92 Å².